The standard InChI is InChI=1S/C15H24FN3/c1-3-19-9-5-6-12(19)11-18(2)15-8-4-7-14(16)13(15)10-17/h4,7-8,12H,3,5-6,9-11,17H2,1-2H3. The Labute approximate surface area is 115 Å². The van der Waals surface area contributed by atoms with Crippen LogP contribution < -0.4 is 10.6 Å². The summed E-state index contributed by atoms with van der Waals surface area (Å²) in [6, 6.07) is 5.76. The highest BCUT2D eigenvalue weighted by Gasteiger charge is 2.24. The van der Waals surface area contributed by atoms with Gasteiger partial charge in [0.05, 0.1) is 0 Å². The van der Waals surface area contributed by atoms with E-state index in [0.717, 1.165) is 18.8 Å². The van der Waals surface area contributed by atoms with E-state index in [4.69, 9.17) is 5.73 Å². The molecule has 0 spiro atoms. The monoisotopic (exact) mass is 265 g/mol. The highest BCUT2D eigenvalue weighted by atomic mass is 19.1. The van der Waals surface area contributed by atoms with Crippen molar-refractivity contribution in [2.75, 3.05) is 31.6 Å². The molecular formula is C15H24FN3. The van der Waals surface area contributed by atoms with Crippen LogP contribution in [0.5, 0.6) is 0 Å². The van der Waals surface area contributed by atoms with Crippen molar-refractivity contribution in [2.45, 2.75) is 32.4 Å². The molecule has 3 nitrogen and oxygen atoms in total. The van der Waals surface area contributed by atoms with Crippen LogP contribution in [-0.4, -0.2) is 37.6 Å². The van der Waals surface area contributed by atoms with Crippen molar-refractivity contribution in [1.29, 1.82) is 0 Å². The van der Waals surface area contributed by atoms with Gasteiger partial charge in [-0.3, -0.25) is 4.90 Å². The smallest absolute Gasteiger partial charge is 0.129 e. The quantitative estimate of drug-likeness (QED) is 0.886. The van der Waals surface area contributed by atoms with Crippen molar-refractivity contribution in [3.8, 4) is 0 Å². The number of hydrogen-bond acceptors (Lipinski definition) is 3. The maximum Gasteiger partial charge on any atom is 0.129 e. The minimum absolute atomic E-state index is 0.203. The van der Waals surface area contributed by atoms with Crippen LogP contribution in [0.1, 0.15) is 25.3 Å². The van der Waals surface area contributed by atoms with E-state index in [0.29, 0.717) is 11.6 Å². The zero-order valence-corrected chi connectivity index (χ0v) is 11.9. The van der Waals surface area contributed by atoms with Gasteiger partial charge in [-0.05, 0) is 38.1 Å². The van der Waals surface area contributed by atoms with Crippen LogP contribution in [0, 0.1) is 5.82 Å². The molecule has 1 saturated heterocycles. The highest BCUT2D eigenvalue weighted by Crippen LogP contribution is 2.24. The Morgan fingerprint density at radius 3 is 2.95 bits per heavy atom. The summed E-state index contributed by atoms with van der Waals surface area (Å²) in [5.41, 5.74) is 7.21. The molecule has 4 heteroatoms. The number of anilines is 1. The van der Waals surface area contributed by atoms with E-state index in [-0.39, 0.29) is 12.4 Å². The molecule has 19 heavy (non-hydrogen) atoms. The minimum Gasteiger partial charge on any atom is -0.373 e. The van der Waals surface area contributed by atoms with Gasteiger partial charge in [0, 0.05) is 37.4 Å². The molecule has 0 aromatic heterocycles. The lowest BCUT2D eigenvalue weighted by Gasteiger charge is -2.30. The average Bonchev–Trinajstić information content (AvgIpc) is 2.85. The predicted molar refractivity (Wildman–Crippen MR) is 77.8 cm³/mol. The van der Waals surface area contributed by atoms with Crippen LogP contribution in [-0.2, 0) is 6.54 Å². The molecule has 2 rings (SSSR count). The van der Waals surface area contributed by atoms with Gasteiger partial charge >= 0.3 is 0 Å². The largest absolute Gasteiger partial charge is 0.373 e. The number of benzene rings is 1. The molecule has 1 fully saturated rings. The normalized spacial score (nSPS) is 19.9. The van der Waals surface area contributed by atoms with Crippen molar-refractivity contribution >= 4 is 5.69 Å². The van der Waals surface area contributed by atoms with Gasteiger partial charge < -0.3 is 10.6 Å². The Bertz CT molecular complexity index is 422. The fourth-order valence-electron chi connectivity index (χ4n) is 3.04. The second kappa shape index (κ2) is 6.35. The van der Waals surface area contributed by atoms with E-state index >= 15 is 0 Å². The highest BCUT2D eigenvalue weighted by molar-refractivity contribution is 5.53. The summed E-state index contributed by atoms with van der Waals surface area (Å²) < 4.78 is 13.8. The third-order valence-electron chi connectivity index (χ3n) is 4.10. The molecule has 0 bridgehead atoms. The first-order valence-electron chi connectivity index (χ1n) is 7.10. The van der Waals surface area contributed by atoms with Crippen molar-refractivity contribution in [3.05, 3.63) is 29.6 Å². The molecule has 1 heterocycles. The van der Waals surface area contributed by atoms with Crippen molar-refractivity contribution < 1.29 is 4.39 Å². The topological polar surface area (TPSA) is 32.5 Å². The number of nitrogens with zero attached hydrogens (tertiary/aromatic N) is 2. The Morgan fingerprint density at radius 2 is 2.26 bits per heavy atom. The first-order valence-corrected chi connectivity index (χ1v) is 7.10. The second-order valence-corrected chi connectivity index (χ2v) is 5.25. The Balaban J connectivity index is 2.11. The van der Waals surface area contributed by atoms with Crippen LogP contribution in [0.25, 0.3) is 0 Å². The van der Waals surface area contributed by atoms with Crippen LogP contribution in [0.3, 0.4) is 0 Å². The maximum atomic E-state index is 13.8. The van der Waals surface area contributed by atoms with Gasteiger partial charge in [0.25, 0.3) is 0 Å². The van der Waals surface area contributed by atoms with E-state index in [2.05, 4.69) is 16.7 Å². The van der Waals surface area contributed by atoms with E-state index in [1.54, 1.807) is 6.07 Å². The van der Waals surface area contributed by atoms with Crippen LogP contribution in [0.4, 0.5) is 10.1 Å². The average molecular weight is 265 g/mol. The SMILES string of the molecule is CCN1CCCC1CN(C)c1cccc(F)c1CN. The summed E-state index contributed by atoms with van der Waals surface area (Å²) in [5.74, 6) is -0.203. The molecule has 0 saturated carbocycles. The molecule has 1 aliphatic heterocycles. The number of nitrogens with two attached hydrogens (primary N) is 1. The Kier molecular flexibility index (Phi) is 4.77. The van der Waals surface area contributed by atoms with E-state index in [1.165, 1.54) is 25.5 Å². The summed E-state index contributed by atoms with van der Waals surface area (Å²) in [5, 5.41) is 0. The summed E-state index contributed by atoms with van der Waals surface area (Å²) in [6.45, 7) is 5.65. The Morgan fingerprint density at radius 1 is 1.47 bits per heavy atom. The molecule has 0 amide bonds. The summed E-state index contributed by atoms with van der Waals surface area (Å²) in [7, 11) is 2.03. The van der Waals surface area contributed by atoms with Gasteiger partial charge in [0.15, 0.2) is 0 Å². The third-order valence-corrected chi connectivity index (χ3v) is 4.10. The zero-order valence-electron chi connectivity index (χ0n) is 11.9. The summed E-state index contributed by atoms with van der Waals surface area (Å²) in [4.78, 5) is 4.64. The minimum atomic E-state index is -0.203. The predicted octanol–water partition coefficient (Wildman–Crippen LogP) is 2.20. The number of hydrogen-bond donors (Lipinski definition) is 1. The third kappa shape index (κ3) is 3.07. The van der Waals surface area contributed by atoms with E-state index in [1.807, 2.05) is 13.1 Å². The number of likely N-dealkylation sites (tertiary alicyclic amines) is 1. The molecule has 1 atom stereocenters. The van der Waals surface area contributed by atoms with Crippen molar-refractivity contribution in [1.82, 2.24) is 4.90 Å². The molecule has 2 N–H and O–H groups in total. The van der Waals surface area contributed by atoms with Gasteiger partial charge in [-0.2, -0.15) is 0 Å². The molecule has 0 radical (unpaired) electrons. The van der Waals surface area contributed by atoms with Gasteiger partial charge in [0.2, 0.25) is 0 Å². The molecule has 0 aliphatic carbocycles. The fourth-order valence-corrected chi connectivity index (χ4v) is 3.04. The second-order valence-electron chi connectivity index (χ2n) is 5.25. The Hall–Kier alpha value is -1.13. The maximum absolute atomic E-state index is 13.8. The first-order chi connectivity index (χ1) is 9.17. The van der Waals surface area contributed by atoms with Crippen LogP contribution in [0.15, 0.2) is 18.2 Å². The lowest BCUT2D eigenvalue weighted by atomic mass is 10.1. The van der Waals surface area contributed by atoms with Gasteiger partial charge in [0.1, 0.15) is 5.82 Å². The molecule has 1 aromatic rings. The zero-order chi connectivity index (χ0) is 13.8. The van der Waals surface area contributed by atoms with Crippen molar-refractivity contribution in [3.63, 3.8) is 0 Å². The van der Waals surface area contributed by atoms with Crippen molar-refractivity contribution in [2.24, 2.45) is 5.73 Å². The summed E-state index contributed by atoms with van der Waals surface area (Å²) in [6.07, 6.45) is 2.49. The van der Waals surface area contributed by atoms with Gasteiger partial charge in [-0.15, -0.1) is 0 Å². The van der Waals surface area contributed by atoms with Gasteiger partial charge in [-0.25, -0.2) is 4.39 Å². The number of likely N-dealkylation sites (N-methyl/N-ethyl adjacent to an activating group) is 2. The van der Waals surface area contributed by atoms with Gasteiger partial charge in [-0.1, -0.05) is 13.0 Å². The van der Waals surface area contributed by atoms with Crippen LogP contribution in [0.2, 0.25) is 0 Å². The molecule has 1 unspecified atom stereocenters. The first kappa shape index (κ1) is 14.3. The lowest BCUT2D eigenvalue weighted by Crippen LogP contribution is -2.39. The summed E-state index contributed by atoms with van der Waals surface area (Å²) >= 11 is 0. The fraction of sp³-hybridized carbons (Fsp3) is 0.600. The molecule has 1 aromatic carbocycles. The molecule has 1 aliphatic rings. The van der Waals surface area contributed by atoms with Crippen LogP contribution >= 0.6 is 0 Å². The number of halogens is 1. The molecular weight excluding hydrogens is 241 g/mol. The van der Waals surface area contributed by atoms with E-state index < -0.39 is 0 Å². The number of rotatable bonds is 5. The lowest BCUT2D eigenvalue weighted by molar-refractivity contribution is 0.270. The van der Waals surface area contributed by atoms with E-state index in [9.17, 15) is 4.39 Å². The molecule has 106 valence electrons.